The minimum Gasteiger partial charge on any atom is -0.333 e. The van der Waals surface area contributed by atoms with E-state index in [4.69, 9.17) is 17.3 Å². The van der Waals surface area contributed by atoms with E-state index in [1.54, 1.807) is 0 Å². The SMILES string of the molecule is CC(N)C(C)C(=O)N1CCNCC1c1cccc(Cl)c1. The molecule has 3 atom stereocenters. The van der Waals surface area contributed by atoms with Gasteiger partial charge in [-0.1, -0.05) is 30.7 Å². The quantitative estimate of drug-likeness (QED) is 0.894. The molecule has 3 unspecified atom stereocenters. The standard InChI is InChI=1S/C15H22ClN3O/c1-10(11(2)17)15(20)19-7-6-18-9-14(19)12-4-3-5-13(16)8-12/h3-5,8,10-11,14,18H,6-7,9,17H2,1-2H3. The highest BCUT2D eigenvalue weighted by molar-refractivity contribution is 6.30. The molecule has 1 amide bonds. The van der Waals surface area contributed by atoms with Crippen LogP contribution in [0.2, 0.25) is 5.02 Å². The third-order valence-electron chi connectivity index (χ3n) is 3.94. The van der Waals surface area contributed by atoms with Crippen molar-refractivity contribution in [3.05, 3.63) is 34.9 Å². The highest BCUT2D eigenvalue weighted by Gasteiger charge is 2.31. The van der Waals surface area contributed by atoms with Crippen molar-refractivity contribution in [1.29, 1.82) is 0 Å². The van der Waals surface area contributed by atoms with Gasteiger partial charge in [-0.3, -0.25) is 4.79 Å². The second kappa shape index (κ2) is 6.57. The first-order chi connectivity index (χ1) is 9.50. The van der Waals surface area contributed by atoms with Crippen molar-refractivity contribution >= 4 is 17.5 Å². The highest BCUT2D eigenvalue weighted by atomic mass is 35.5. The van der Waals surface area contributed by atoms with Crippen LogP contribution in [0.1, 0.15) is 25.5 Å². The van der Waals surface area contributed by atoms with E-state index in [2.05, 4.69) is 5.32 Å². The van der Waals surface area contributed by atoms with Crippen molar-refractivity contribution in [3.63, 3.8) is 0 Å². The summed E-state index contributed by atoms with van der Waals surface area (Å²) >= 11 is 6.06. The van der Waals surface area contributed by atoms with Gasteiger partial charge in [0, 0.05) is 30.7 Å². The molecule has 2 rings (SSSR count). The van der Waals surface area contributed by atoms with E-state index < -0.39 is 0 Å². The molecule has 1 saturated heterocycles. The molecule has 5 heteroatoms. The second-order valence-electron chi connectivity index (χ2n) is 5.45. The molecule has 110 valence electrons. The van der Waals surface area contributed by atoms with Crippen LogP contribution in [0.15, 0.2) is 24.3 Å². The predicted octanol–water partition coefficient (Wildman–Crippen LogP) is 1.80. The zero-order chi connectivity index (χ0) is 14.7. The fraction of sp³-hybridized carbons (Fsp3) is 0.533. The third kappa shape index (κ3) is 3.32. The topological polar surface area (TPSA) is 58.4 Å². The molecule has 0 saturated carbocycles. The number of benzene rings is 1. The van der Waals surface area contributed by atoms with E-state index >= 15 is 0 Å². The van der Waals surface area contributed by atoms with Gasteiger partial charge in [0.25, 0.3) is 0 Å². The Morgan fingerprint density at radius 1 is 1.50 bits per heavy atom. The Morgan fingerprint density at radius 3 is 2.90 bits per heavy atom. The minimum absolute atomic E-state index is 0.0242. The lowest BCUT2D eigenvalue weighted by molar-refractivity contribution is -0.139. The van der Waals surface area contributed by atoms with Gasteiger partial charge in [-0.25, -0.2) is 0 Å². The van der Waals surface area contributed by atoms with Crippen LogP contribution in [0, 0.1) is 5.92 Å². The molecule has 3 N–H and O–H groups in total. The number of piperazine rings is 1. The van der Waals surface area contributed by atoms with E-state index in [0.717, 1.165) is 18.7 Å². The zero-order valence-electron chi connectivity index (χ0n) is 12.0. The van der Waals surface area contributed by atoms with Gasteiger partial charge in [0.2, 0.25) is 5.91 Å². The summed E-state index contributed by atoms with van der Waals surface area (Å²) in [5.74, 6) is -0.0544. The molecule has 0 aromatic heterocycles. The van der Waals surface area contributed by atoms with Crippen molar-refractivity contribution in [1.82, 2.24) is 10.2 Å². The summed E-state index contributed by atoms with van der Waals surface area (Å²) in [6.45, 7) is 6.03. The van der Waals surface area contributed by atoms with Crippen LogP contribution in [0.25, 0.3) is 0 Å². The second-order valence-corrected chi connectivity index (χ2v) is 5.89. The Morgan fingerprint density at radius 2 is 2.25 bits per heavy atom. The summed E-state index contributed by atoms with van der Waals surface area (Å²) in [5, 5.41) is 4.03. The van der Waals surface area contributed by atoms with Crippen molar-refractivity contribution in [2.75, 3.05) is 19.6 Å². The number of nitrogens with two attached hydrogens (primary N) is 1. The number of hydrogen-bond acceptors (Lipinski definition) is 3. The number of carbonyl (C=O) groups excluding carboxylic acids is 1. The van der Waals surface area contributed by atoms with Gasteiger partial charge in [0.15, 0.2) is 0 Å². The lowest BCUT2D eigenvalue weighted by atomic mass is 9.98. The summed E-state index contributed by atoms with van der Waals surface area (Å²) in [4.78, 5) is 14.5. The van der Waals surface area contributed by atoms with Crippen molar-refractivity contribution in [2.45, 2.75) is 25.9 Å². The average molecular weight is 296 g/mol. The lowest BCUT2D eigenvalue weighted by Crippen LogP contribution is -2.52. The average Bonchev–Trinajstić information content (AvgIpc) is 2.45. The summed E-state index contributed by atoms with van der Waals surface area (Å²) in [6.07, 6.45) is 0. The maximum absolute atomic E-state index is 12.6. The Labute approximate surface area is 125 Å². The molecule has 0 radical (unpaired) electrons. The van der Waals surface area contributed by atoms with E-state index in [9.17, 15) is 4.79 Å². The molecule has 0 bridgehead atoms. The van der Waals surface area contributed by atoms with E-state index in [-0.39, 0.29) is 23.9 Å². The fourth-order valence-electron chi connectivity index (χ4n) is 2.47. The van der Waals surface area contributed by atoms with E-state index in [1.165, 1.54) is 0 Å². The summed E-state index contributed by atoms with van der Waals surface area (Å²) in [6, 6.07) is 7.59. The van der Waals surface area contributed by atoms with Gasteiger partial charge < -0.3 is 16.0 Å². The smallest absolute Gasteiger partial charge is 0.227 e. The number of rotatable bonds is 3. The van der Waals surface area contributed by atoms with Gasteiger partial charge in [0.05, 0.1) is 12.0 Å². The molecule has 1 fully saturated rings. The summed E-state index contributed by atoms with van der Waals surface area (Å²) in [7, 11) is 0. The van der Waals surface area contributed by atoms with Crippen molar-refractivity contribution in [3.8, 4) is 0 Å². The van der Waals surface area contributed by atoms with Crippen LogP contribution in [0.5, 0.6) is 0 Å². The minimum atomic E-state index is -0.171. The maximum Gasteiger partial charge on any atom is 0.227 e. The number of amides is 1. The largest absolute Gasteiger partial charge is 0.333 e. The predicted molar refractivity (Wildman–Crippen MR) is 81.6 cm³/mol. The molecule has 1 aliphatic heterocycles. The molecular weight excluding hydrogens is 274 g/mol. The van der Waals surface area contributed by atoms with E-state index in [0.29, 0.717) is 11.6 Å². The first kappa shape index (κ1) is 15.3. The number of carbonyl (C=O) groups is 1. The maximum atomic E-state index is 12.6. The van der Waals surface area contributed by atoms with Crippen LogP contribution in [0.4, 0.5) is 0 Å². The van der Waals surface area contributed by atoms with Crippen molar-refractivity contribution in [2.24, 2.45) is 11.7 Å². The Balaban J connectivity index is 2.23. The van der Waals surface area contributed by atoms with Gasteiger partial charge in [-0.05, 0) is 24.6 Å². The van der Waals surface area contributed by atoms with Crippen LogP contribution in [0.3, 0.4) is 0 Å². The van der Waals surface area contributed by atoms with Gasteiger partial charge >= 0.3 is 0 Å². The number of hydrogen-bond donors (Lipinski definition) is 2. The zero-order valence-corrected chi connectivity index (χ0v) is 12.7. The number of nitrogens with one attached hydrogen (secondary N) is 1. The van der Waals surface area contributed by atoms with Gasteiger partial charge in [0.1, 0.15) is 0 Å². The number of halogens is 1. The molecule has 1 aromatic carbocycles. The van der Waals surface area contributed by atoms with Crippen molar-refractivity contribution < 1.29 is 4.79 Å². The first-order valence-electron chi connectivity index (χ1n) is 7.03. The van der Waals surface area contributed by atoms with Crippen LogP contribution >= 0.6 is 11.6 Å². The Hall–Kier alpha value is -1.10. The van der Waals surface area contributed by atoms with E-state index in [1.807, 2.05) is 43.0 Å². The van der Waals surface area contributed by atoms with Crippen LogP contribution < -0.4 is 11.1 Å². The third-order valence-corrected chi connectivity index (χ3v) is 4.17. The molecule has 0 aliphatic carbocycles. The summed E-state index contributed by atoms with van der Waals surface area (Å²) < 4.78 is 0. The fourth-order valence-corrected chi connectivity index (χ4v) is 2.66. The van der Waals surface area contributed by atoms with Crippen LogP contribution in [-0.4, -0.2) is 36.5 Å². The van der Waals surface area contributed by atoms with Gasteiger partial charge in [-0.2, -0.15) is 0 Å². The van der Waals surface area contributed by atoms with Crippen LogP contribution in [-0.2, 0) is 4.79 Å². The molecule has 4 nitrogen and oxygen atoms in total. The molecular formula is C15H22ClN3O. The summed E-state index contributed by atoms with van der Waals surface area (Å²) in [5.41, 5.74) is 6.93. The normalized spacial score (nSPS) is 22.4. The molecule has 0 spiro atoms. The molecule has 1 heterocycles. The molecule has 1 aromatic rings. The lowest BCUT2D eigenvalue weighted by Gasteiger charge is -2.38. The monoisotopic (exact) mass is 295 g/mol. The Kier molecular flexibility index (Phi) is 5.02. The number of nitrogens with zero attached hydrogens (tertiary/aromatic N) is 1. The first-order valence-corrected chi connectivity index (χ1v) is 7.40. The molecule has 1 aliphatic rings. The highest BCUT2D eigenvalue weighted by Crippen LogP contribution is 2.26. The van der Waals surface area contributed by atoms with Gasteiger partial charge in [-0.15, -0.1) is 0 Å². The Bertz CT molecular complexity index is 478. The molecule has 20 heavy (non-hydrogen) atoms.